The van der Waals surface area contributed by atoms with Crippen molar-refractivity contribution in [3.8, 4) is 0 Å². The van der Waals surface area contributed by atoms with E-state index in [2.05, 4.69) is 39.7 Å². The van der Waals surface area contributed by atoms with E-state index >= 15 is 0 Å². The van der Waals surface area contributed by atoms with Gasteiger partial charge in [-0.05, 0) is 38.2 Å². The van der Waals surface area contributed by atoms with Crippen LogP contribution in [0.4, 0.5) is 4.79 Å². The third kappa shape index (κ3) is 3.08. The highest BCUT2D eigenvalue weighted by Crippen LogP contribution is 2.32. The summed E-state index contributed by atoms with van der Waals surface area (Å²) in [6.45, 7) is 6.40. The largest absolute Gasteiger partial charge is 0.453 e. The molecule has 106 valence electrons. The maximum atomic E-state index is 11.2. The van der Waals surface area contributed by atoms with Gasteiger partial charge in [0, 0.05) is 11.7 Å². The van der Waals surface area contributed by atoms with Gasteiger partial charge in [0.05, 0.1) is 18.8 Å². The number of hydrogen-bond acceptors (Lipinski definition) is 3. The van der Waals surface area contributed by atoms with Gasteiger partial charge < -0.3 is 10.1 Å². The van der Waals surface area contributed by atoms with E-state index in [9.17, 15) is 4.79 Å². The Morgan fingerprint density at radius 2 is 2.26 bits per heavy atom. The molecule has 1 saturated carbocycles. The molecule has 0 radical (unpaired) electrons. The molecule has 0 spiro atoms. The van der Waals surface area contributed by atoms with E-state index in [4.69, 9.17) is 0 Å². The first-order valence-corrected chi connectivity index (χ1v) is 6.91. The molecular formula is C14H23N3O2. The van der Waals surface area contributed by atoms with Crippen LogP contribution in [0.1, 0.15) is 56.5 Å². The summed E-state index contributed by atoms with van der Waals surface area (Å²) in [4.78, 5) is 11.2. The molecule has 1 fully saturated rings. The van der Waals surface area contributed by atoms with Crippen molar-refractivity contribution in [1.29, 1.82) is 0 Å². The molecule has 0 aromatic carbocycles. The number of ether oxygens (including phenoxy) is 1. The SMILES string of the molecule is COC(=O)NC1CCC(n2nc(C)cc2C(C)C)C1. The first kappa shape index (κ1) is 13.9. The molecule has 1 aliphatic rings. The summed E-state index contributed by atoms with van der Waals surface area (Å²) >= 11 is 0. The van der Waals surface area contributed by atoms with Gasteiger partial charge in [0.1, 0.15) is 0 Å². The Morgan fingerprint density at radius 3 is 2.89 bits per heavy atom. The highest BCUT2D eigenvalue weighted by Gasteiger charge is 2.29. The second-order valence-electron chi connectivity index (χ2n) is 5.61. The van der Waals surface area contributed by atoms with Gasteiger partial charge in [-0.3, -0.25) is 4.68 Å². The van der Waals surface area contributed by atoms with E-state index in [1.54, 1.807) is 0 Å². The Labute approximate surface area is 114 Å². The number of rotatable bonds is 3. The Balaban J connectivity index is 2.06. The summed E-state index contributed by atoms with van der Waals surface area (Å²) in [7, 11) is 1.40. The quantitative estimate of drug-likeness (QED) is 0.914. The predicted molar refractivity (Wildman–Crippen MR) is 73.3 cm³/mol. The zero-order chi connectivity index (χ0) is 14.0. The summed E-state index contributed by atoms with van der Waals surface area (Å²) in [6, 6.07) is 2.74. The van der Waals surface area contributed by atoms with Crippen LogP contribution in [0.25, 0.3) is 0 Å². The lowest BCUT2D eigenvalue weighted by Gasteiger charge is -2.17. The Bertz CT molecular complexity index is 454. The normalized spacial score (nSPS) is 22.8. The Morgan fingerprint density at radius 1 is 1.53 bits per heavy atom. The lowest BCUT2D eigenvalue weighted by molar-refractivity contribution is 0.166. The molecule has 0 saturated heterocycles. The topological polar surface area (TPSA) is 56.1 Å². The Kier molecular flexibility index (Phi) is 4.12. The molecular weight excluding hydrogens is 242 g/mol. The highest BCUT2D eigenvalue weighted by atomic mass is 16.5. The predicted octanol–water partition coefficient (Wildman–Crippen LogP) is 2.76. The molecule has 0 aliphatic heterocycles. The average Bonchev–Trinajstić information content (AvgIpc) is 2.95. The number of nitrogens with one attached hydrogen (secondary N) is 1. The summed E-state index contributed by atoms with van der Waals surface area (Å²) in [6.07, 6.45) is 2.62. The second-order valence-corrected chi connectivity index (χ2v) is 5.61. The molecule has 1 amide bonds. The van der Waals surface area contributed by atoms with Crippen LogP contribution in [-0.2, 0) is 4.74 Å². The van der Waals surface area contributed by atoms with Crippen molar-refractivity contribution in [2.75, 3.05) is 7.11 Å². The van der Waals surface area contributed by atoms with Crippen LogP contribution in [0.5, 0.6) is 0 Å². The van der Waals surface area contributed by atoms with E-state index in [0.29, 0.717) is 12.0 Å². The third-order valence-corrected chi connectivity index (χ3v) is 3.74. The molecule has 5 nitrogen and oxygen atoms in total. The minimum Gasteiger partial charge on any atom is -0.453 e. The van der Waals surface area contributed by atoms with Gasteiger partial charge in [0.2, 0.25) is 0 Å². The Hall–Kier alpha value is -1.52. The van der Waals surface area contributed by atoms with Gasteiger partial charge in [-0.15, -0.1) is 0 Å². The van der Waals surface area contributed by atoms with Crippen molar-refractivity contribution in [3.05, 3.63) is 17.5 Å². The molecule has 1 aliphatic carbocycles. The number of hydrogen-bond donors (Lipinski definition) is 1. The fraction of sp³-hybridized carbons (Fsp3) is 0.714. The van der Waals surface area contributed by atoms with Gasteiger partial charge in [-0.2, -0.15) is 5.10 Å². The van der Waals surface area contributed by atoms with Crippen LogP contribution in [-0.4, -0.2) is 29.0 Å². The lowest BCUT2D eigenvalue weighted by atomic mass is 10.1. The van der Waals surface area contributed by atoms with E-state index in [-0.39, 0.29) is 12.1 Å². The highest BCUT2D eigenvalue weighted by molar-refractivity contribution is 5.67. The van der Waals surface area contributed by atoms with E-state index in [1.165, 1.54) is 12.8 Å². The fourth-order valence-electron chi connectivity index (χ4n) is 2.80. The summed E-state index contributed by atoms with van der Waals surface area (Å²) in [5.41, 5.74) is 2.34. The summed E-state index contributed by atoms with van der Waals surface area (Å²) in [5.74, 6) is 0.466. The molecule has 2 atom stereocenters. The molecule has 5 heteroatoms. The van der Waals surface area contributed by atoms with Crippen LogP contribution in [0, 0.1) is 6.92 Å². The van der Waals surface area contributed by atoms with Gasteiger partial charge in [-0.1, -0.05) is 13.8 Å². The van der Waals surface area contributed by atoms with Crippen molar-refractivity contribution in [3.63, 3.8) is 0 Å². The van der Waals surface area contributed by atoms with Gasteiger partial charge in [-0.25, -0.2) is 4.79 Å². The average molecular weight is 265 g/mol. The number of aryl methyl sites for hydroxylation is 1. The first-order chi connectivity index (χ1) is 9.01. The first-order valence-electron chi connectivity index (χ1n) is 6.91. The van der Waals surface area contributed by atoms with E-state index in [1.807, 2.05) is 6.92 Å². The van der Waals surface area contributed by atoms with Crippen LogP contribution in [0.2, 0.25) is 0 Å². The number of methoxy groups -OCH3 is 1. The standard InChI is InChI=1S/C14H23N3O2/c1-9(2)13-7-10(3)16-17(13)12-6-5-11(8-12)15-14(18)19-4/h7,9,11-12H,5-6,8H2,1-4H3,(H,15,18). The van der Waals surface area contributed by atoms with Crippen LogP contribution in [0.3, 0.4) is 0 Å². The smallest absolute Gasteiger partial charge is 0.407 e. The molecule has 1 heterocycles. The van der Waals surface area contributed by atoms with Crippen LogP contribution < -0.4 is 5.32 Å². The van der Waals surface area contributed by atoms with E-state index < -0.39 is 0 Å². The zero-order valence-electron chi connectivity index (χ0n) is 12.1. The maximum Gasteiger partial charge on any atom is 0.407 e. The number of alkyl carbamates (subject to hydrolysis) is 1. The molecule has 1 aromatic heterocycles. The summed E-state index contributed by atoms with van der Waals surface area (Å²) < 4.78 is 6.80. The second kappa shape index (κ2) is 5.63. The van der Waals surface area contributed by atoms with Crippen molar-refractivity contribution in [1.82, 2.24) is 15.1 Å². The molecule has 0 bridgehead atoms. The molecule has 1 aromatic rings. The summed E-state index contributed by atoms with van der Waals surface area (Å²) in [5, 5.41) is 7.50. The number of carbonyl (C=O) groups excluding carboxylic acids is 1. The van der Waals surface area contributed by atoms with Crippen molar-refractivity contribution < 1.29 is 9.53 Å². The van der Waals surface area contributed by atoms with Gasteiger partial charge in [0.15, 0.2) is 0 Å². The molecule has 19 heavy (non-hydrogen) atoms. The number of nitrogens with zero attached hydrogens (tertiary/aromatic N) is 2. The minimum absolute atomic E-state index is 0.196. The fourth-order valence-corrected chi connectivity index (χ4v) is 2.80. The van der Waals surface area contributed by atoms with Crippen LogP contribution in [0.15, 0.2) is 6.07 Å². The molecule has 1 N–H and O–H groups in total. The minimum atomic E-state index is -0.341. The number of aromatic nitrogens is 2. The zero-order valence-corrected chi connectivity index (χ0v) is 12.1. The lowest BCUT2D eigenvalue weighted by Crippen LogP contribution is -2.32. The van der Waals surface area contributed by atoms with Crippen molar-refractivity contribution in [2.45, 2.75) is 58.0 Å². The van der Waals surface area contributed by atoms with Gasteiger partial charge in [0.25, 0.3) is 0 Å². The molecule has 2 unspecified atom stereocenters. The van der Waals surface area contributed by atoms with Crippen molar-refractivity contribution in [2.24, 2.45) is 0 Å². The van der Waals surface area contributed by atoms with Gasteiger partial charge >= 0.3 is 6.09 Å². The number of carbonyl (C=O) groups is 1. The monoisotopic (exact) mass is 265 g/mol. The van der Waals surface area contributed by atoms with Crippen LogP contribution >= 0.6 is 0 Å². The third-order valence-electron chi connectivity index (χ3n) is 3.74. The van der Waals surface area contributed by atoms with E-state index in [0.717, 1.165) is 25.0 Å². The van der Waals surface area contributed by atoms with Crippen molar-refractivity contribution >= 4 is 6.09 Å². The maximum absolute atomic E-state index is 11.2. The number of amides is 1. The molecule has 2 rings (SSSR count).